The van der Waals surface area contributed by atoms with Crippen molar-refractivity contribution in [2.75, 3.05) is 25.0 Å². The molecule has 1 aliphatic carbocycles. The van der Waals surface area contributed by atoms with Gasteiger partial charge < -0.3 is 10.2 Å². The minimum atomic E-state index is -0.0649. The van der Waals surface area contributed by atoms with Crippen molar-refractivity contribution >= 4 is 17.3 Å². The molecular weight excluding hydrogens is 276 g/mol. The van der Waals surface area contributed by atoms with Crippen LogP contribution in [0.4, 0.5) is 5.69 Å². The van der Waals surface area contributed by atoms with E-state index in [0.717, 1.165) is 26.1 Å². The Kier molecular flexibility index (Phi) is 3.98. The van der Waals surface area contributed by atoms with Crippen LogP contribution >= 0.6 is 11.6 Å². The lowest BCUT2D eigenvalue weighted by Gasteiger charge is -2.23. The first kappa shape index (κ1) is 13.9. The van der Waals surface area contributed by atoms with E-state index in [1.54, 1.807) is 10.9 Å². The number of nitrogens with zero attached hydrogens (tertiary/aromatic N) is 3. The first-order chi connectivity index (χ1) is 9.65. The molecule has 2 aliphatic rings. The summed E-state index contributed by atoms with van der Waals surface area (Å²) in [5.41, 5.74) is 0.515. The fraction of sp³-hybridized carbons (Fsp3) is 0.714. The van der Waals surface area contributed by atoms with Crippen molar-refractivity contribution in [3.63, 3.8) is 0 Å². The Balaban J connectivity index is 1.80. The van der Waals surface area contributed by atoms with E-state index in [2.05, 4.69) is 10.4 Å². The molecule has 0 spiro atoms. The second-order valence-corrected chi connectivity index (χ2v) is 6.35. The van der Waals surface area contributed by atoms with Crippen LogP contribution in [0.25, 0.3) is 0 Å². The minimum absolute atomic E-state index is 0.0649. The normalized spacial score (nSPS) is 22.2. The van der Waals surface area contributed by atoms with Crippen LogP contribution in [0.15, 0.2) is 11.0 Å². The lowest BCUT2D eigenvalue weighted by atomic mass is 10.2. The maximum absolute atomic E-state index is 12.5. The highest BCUT2D eigenvalue weighted by molar-refractivity contribution is 6.33. The summed E-state index contributed by atoms with van der Waals surface area (Å²) in [7, 11) is 1.93. The highest BCUT2D eigenvalue weighted by Gasteiger charge is 2.25. The maximum atomic E-state index is 12.5. The molecule has 0 bridgehead atoms. The van der Waals surface area contributed by atoms with Crippen LogP contribution < -0.4 is 15.8 Å². The van der Waals surface area contributed by atoms with Crippen molar-refractivity contribution in [2.24, 2.45) is 5.92 Å². The monoisotopic (exact) mass is 296 g/mol. The van der Waals surface area contributed by atoms with Crippen LogP contribution in [0.2, 0.25) is 5.02 Å². The summed E-state index contributed by atoms with van der Waals surface area (Å²) in [6.07, 6.45) is 6.36. The lowest BCUT2D eigenvalue weighted by Crippen LogP contribution is -2.39. The number of hydrogen-bond acceptors (Lipinski definition) is 4. The van der Waals surface area contributed by atoms with Crippen molar-refractivity contribution in [1.82, 2.24) is 15.1 Å². The summed E-state index contributed by atoms with van der Waals surface area (Å²) in [5, 5.41) is 8.05. The third-order valence-corrected chi connectivity index (χ3v) is 4.42. The number of aromatic nitrogens is 2. The van der Waals surface area contributed by atoms with Crippen LogP contribution in [0.5, 0.6) is 0 Å². The second-order valence-electron chi connectivity index (χ2n) is 5.95. The van der Waals surface area contributed by atoms with E-state index in [9.17, 15) is 4.79 Å². The molecule has 1 unspecified atom stereocenters. The fourth-order valence-electron chi connectivity index (χ4n) is 2.81. The summed E-state index contributed by atoms with van der Waals surface area (Å²) in [6.45, 7) is 2.59. The van der Waals surface area contributed by atoms with Crippen molar-refractivity contribution in [3.05, 3.63) is 21.6 Å². The van der Waals surface area contributed by atoms with Gasteiger partial charge in [-0.1, -0.05) is 11.6 Å². The van der Waals surface area contributed by atoms with Gasteiger partial charge in [-0.15, -0.1) is 0 Å². The van der Waals surface area contributed by atoms with Crippen LogP contribution in [-0.4, -0.2) is 36.0 Å². The van der Waals surface area contributed by atoms with Gasteiger partial charge in [-0.05, 0) is 38.1 Å². The van der Waals surface area contributed by atoms with Gasteiger partial charge in [0, 0.05) is 26.2 Å². The number of halogens is 1. The SMILES string of the molecule is CN(CC1CCCN1)c1c(Cl)cnn(CC2CC2)c1=O. The van der Waals surface area contributed by atoms with Gasteiger partial charge >= 0.3 is 0 Å². The largest absolute Gasteiger partial charge is 0.367 e. The van der Waals surface area contributed by atoms with Gasteiger partial charge in [0.05, 0.1) is 11.2 Å². The van der Waals surface area contributed by atoms with Gasteiger partial charge in [0.25, 0.3) is 5.56 Å². The Morgan fingerprint density at radius 2 is 2.30 bits per heavy atom. The molecule has 1 saturated heterocycles. The Morgan fingerprint density at radius 3 is 2.95 bits per heavy atom. The zero-order chi connectivity index (χ0) is 14.1. The molecule has 110 valence electrons. The van der Waals surface area contributed by atoms with E-state index in [-0.39, 0.29) is 5.56 Å². The molecule has 0 amide bonds. The molecule has 5 nitrogen and oxygen atoms in total. The molecule has 2 heterocycles. The topological polar surface area (TPSA) is 50.2 Å². The zero-order valence-electron chi connectivity index (χ0n) is 11.8. The Hall–Kier alpha value is -1.07. The lowest BCUT2D eigenvalue weighted by molar-refractivity contribution is 0.530. The van der Waals surface area contributed by atoms with Crippen molar-refractivity contribution < 1.29 is 0 Å². The summed E-state index contributed by atoms with van der Waals surface area (Å²) < 4.78 is 1.57. The highest BCUT2D eigenvalue weighted by atomic mass is 35.5. The van der Waals surface area contributed by atoms with E-state index >= 15 is 0 Å². The van der Waals surface area contributed by atoms with Crippen molar-refractivity contribution in [3.8, 4) is 0 Å². The molecule has 0 aromatic carbocycles. The molecule has 0 radical (unpaired) electrons. The molecule has 1 aliphatic heterocycles. The Labute approximate surface area is 123 Å². The number of hydrogen-bond donors (Lipinski definition) is 1. The van der Waals surface area contributed by atoms with Gasteiger partial charge in [0.1, 0.15) is 5.69 Å². The third kappa shape index (κ3) is 2.99. The summed E-state index contributed by atoms with van der Waals surface area (Å²) >= 11 is 6.20. The van der Waals surface area contributed by atoms with E-state index < -0.39 is 0 Å². The average Bonchev–Trinajstić information content (AvgIpc) is 3.08. The van der Waals surface area contributed by atoms with Crippen LogP contribution in [0, 0.1) is 5.92 Å². The molecule has 20 heavy (non-hydrogen) atoms. The molecule has 1 aromatic rings. The van der Waals surface area contributed by atoms with E-state index in [1.807, 2.05) is 11.9 Å². The van der Waals surface area contributed by atoms with Crippen molar-refractivity contribution in [1.29, 1.82) is 0 Å². The third-order valence-electron chi connectivity index (χ3n) is 4.14. The zero-order valence-corrected chi connectivity index (χ0v) is 12.6. The second kappa shape index (κ2) is 5.74. The molecule has 1 atom stereocenters. The highest BCUT2D eigenvalue weighted by Crippen LogP contribution is 2.30. The predicted molar refractivity (Wildman–Crippen MR) is 80.5 cm³/mol. The first-order valence-corrected chi connectivity index (χ1v) is 7.73. The fourth-order valence-corrected chi connectivity index (χ4v) is 3.08. The standard InChI is InChI=1S/C14H21ClN4O/c1-18(9-11-3-2-6-16-11)13-12(15)7-17-19(14(13)20)8-10-4-5-10/h7,10-11,16H,2-6,8-9H2,1H3. The smallest absolute Gasteiger partial charge is 0.291 e. The van der Waals surface area contributed by atoms with Crippen molar-refractivity contribution in [2.45, 2.75) is 38.3 Å². The number of nitrogens with one attached hydrogen (secondary N) is 1. The van der Waals surface area contributed by atoms with Crippen LogP contribution in [0.3, 0.4) is 0 Å². The number of likely N-dealkylation sites (N-methyl/N-ethyl adjacent to an activating group) is 1. The van der Waals surface area contributed by atoms with E-state index in [4.69, 9.17) is 11.6 Å². The molecule has 3 rings (SSSR count). The Bertz CT molecular complexity index is 534. The summed E-state index contributed by atoms with van der Waals surface area (Å²) in [6, 6.07) is 0.445. The molecule has 1 saturated carbocycles. The Morgan fingerprint density at radius 1 is 1.50 bits per heavy atom. The van der Waals surface area contributed by atoms with E-state index in [0.29, 0.717) is 22.7 Å². The maximum Gasteiger partial charge on any atom is 0.291 e. The molecule has 1 N–H and O–H groups in total. The molecule has 1 aromatic heterocycles. The van der Waals surface area contributed by atoms with Gasteiger partial charge in [-0.2, -0.15) is 5.10 Å². The average molecular weight is 297 g/mol. The molecule has 6 heteroatoms. The van der Waals surface area contributed by atoms with E-state index in [1.165, 1.54) is 19.3 Å². The van der Waals surface area contributed by atoms with Gasteiger partial charge in [0.2, 0.25) is 0 Å². The van der Waals surface area contributed by atoms with Crippen LogP contribution in [0.1, 0.15) is 25.7 Å². The molecular formula is C14H21ClN4O. The summed E-state index contributed by atoms with van der Waals surface area (Å²) in [4.78, 5) is 14.5. The van der Waals surface area contributed by atoms with Crippen LogP contribution in [-0.2, 0) is 6.54 Å². The molecule has 2 fully saturated rings. The number of rotatable bonds is 5. The predicted octanol–water partition coefficient (Wildman–Crippen LogP) is 1.49. The van der Waals surface area contributed by atoms with Gasteiger partial charge in [-0.3, -0.25) is 4.79 Å². The first-order valence-electron chi connectivity index (χ1n) is 7.35. The quantitative estimate of drug-likeness (QED) is 0.894. The minimum Gasteiger partial charge on any atom is -0.367 e. The summed E-state index contributed by atoms with van der Waals surface area (Å²) in [5.74, 6) is 0.621. The number of anilines is 1. The van der Waals surface area contributed by atoms with Gasteiger partial charge in [0.15, 0.2) is 0 Å². The van der Waals surface area contributed by atoms with Gasteiger partial charge in [-0.25, -0.2) is 4.68 Å².